The predicted octanol–water partition coefficient (Wildman–Crippen LogP) is 2.08. The number of halogens is 1. The van der Waals surface area contributed by atoms with E-state index in [1.165, 1.54) is 11.1 Å². The molecule has 1 heterocycles. The van der Waals surface area contributed by atoms with Crippen molar-refractivity contribution in [2.45, 2.75) is 0 Å². The third-order valence-corrected chi connectivity index (χ3v) is 2.55. The van der Waals surface area contributed by atoms with Gasteiger partial charge in [-0.1, -0.05) is 12.1 Å². The van der Waals surface area contributed by atoms with Crippen LogP contribution in [0.4, 0.5) is 15.8 Å². The molecule has 0 aliphatic heterocycles. The Bertz CT molecular complexity index is 586. The van der Waals surface area contributed by atoms with Crippen LogP contribution in [0.25, 0.3) is 0 Å². The number of benzene rings is 1. The number of pyridine rings is 1. The summed E-state index contributed by atoms with van der Waals surface area (Å²) in [6.45, 7) is 0. The summed E-state index contributed by atoms with van der Waals surface area (Å²) in [5.74, 6) is -0.907. The average Bonchev–Trinajstić information content (AvgIpc) is 2.37. The highest BCUT2D eigenvalue weighted by molar-refractivity contribution is 6.06. The number of nitrogen functional groups attached to an aromatic ring is 1. The number of hydrogen-bond acceptors (Lipinski definition) is 3. The molecule has 1 aromatic carbocycles. The Morgan fingerprint density at radius 3 is 2.72 bits per heavy atom. The maximum atomic E-state index is 13.0. The minimum absolute atomic E-state index is 0.181. The zero-order chi connectivity index (χ0) is 13.1. The smallest absolute Gasteiger partial charge is 0.259 e. The first-order valence-corrected chi connectivity index (χ1v) is 5.32. The highest BCUT2D eigenvalue weighted by atomic mass is 19.1. The van der Waals surface area contributed by atoms with Crippen molar-refractivity contribution in [3.05, 3.63) is 54.1 Å². The normalized spacial score (nSPS) is 10.1. The zero-order valence-corrected chi connectivity index (χ0v) is 9.80. The molecule has 18 heavy (non-hydrogen) atoms. The summed E-state index contributed by atoms with van der Waals surface area (Å²) in [6, 6.07) is 8.12. The second-order valence-corrected chi connectivity index (χ2v) is 3.81. The van der Waals surface area contributed by atoms with Gasteiger partial charge in [-0.25, -0.2) is 4.39 Å². The van der Waals surface area contributed by atoms with Gasteiger partial charge in [-0.2, -0.15) is 0 Å². The van der Waals surface area contributed by atoms with E-state index in [-0.39, 0.29) is 11.5 Å². The lowest BCUT2D eigenvalue weighted by molar-refractivity contribution is 0.0992. The van der Waals surface area contributed by atoms with E-state index in [9.17, 15) is 9.18 Å². The number of aromatic nitrogens is 1. The van der Waals surface area contributed by atoms with E-state index in [4.69, 9.17) is 5.73 Å². The van der Waals surface area contributed by atoms with E-state index in [2.05, 4.69) is 4.98 Å². The standard InChI is InChI=1S/C13H12FN3O/c1-17(12-5-3-2-4-11(12)15)13(18)9-6-10(14)8-16-7-9/h2-8H,15H2,1H3. The van der Waals surface area contributed by atoms with Crippen LogP contribution in [0.5, 0.6) is 0 Å². The minimum Gasteiger partial charge on any atom is -0.397 e. The van der Waals surface area contributed by atoms with Gasteiger partial charge in [-0.15, -0.1) is 0 Å². The first kappa shape index (κ1) is 12.0. The van der Waals surface area contributed by atoms with Gasteiger partial charge >= 0.3 is 0 Å². The van der Waals surface area contributed by atoms with Crippen molar-refractivity contribution in [3.63, 3.8) is 0 Å². The van der Waals surface area contributed by atoms with Crippen molar-refractivity contribution in [3.8, 4) is 0 Å². The van der Waals surface area contributed by atoms with Gasteiger partial charge in [0.25, 0.3) is 5.91 Å². The van der Waals surface area contributed by atoms with Crippen molar-refractivity contribution in [1.29, 1.82) is 0 Å². The molecule has 1 amide bonds. The molecule has 0 saturated heterocycles. The molecule has 5 heteroatoms. The number of nitrogens with zero attached hydrogens (tertiary/aromatic N) is 2. The highest BCUT2D eigenvalue weighted by Gasteiger charge is 2.15. The van der Waals surface area contributed by atoms with Gasteiger partial charge in [0.05, 0.1) is 23.1 Å². The summed E-state index contributed by atoms with van der Waals surface area (Å²) < 4.78 is 13.0. The molecule has 0 bridgehead atoms. The molecule has 0 spiro atoms. The van der Waals surface area contributed by atoms with Gasteiger partial charge in [0.1, 0.15) is 5.82 Å². The fourth-order valence-electron chi connectivity index (χ4n) is 1.62. The van der Waals surface area contributed by atoms with Crippen LogP contribution < -0.4 is 10.6 Å². The summed E-state index contributed by atoms with van der Waals surface area (Å²) in [6.07, 6.45) is 2.37. The third kappa shape index (κ3) is 2.29. The Balaban J connectivity index is 2.32. The molecule has 2 rings (SSSR count). The van der Waals surface area contributed by atoms with E-state index in [0.717, 1.165) is 12.3 Å². The first-order chi connectivity index (χ1) is 8.59. The molecule has 1 aromatic heterocycles. The lowest BCUT2D eigenvalue weighted by Gasteiger charge is -2.18. The van der Waals surface area contributed by atoms with E-state index in [0.29, 0.717) is 11.4 Å². The quantitative estimate of drug-likeness (QED) is 0.824. The molecule has 0 unspecified atom stereocenters. The predicted molar refractivity (Wildman–Crippen MR) is 67.8 cm³/mol. The average molecular weight is 245 g/mol. The molecule has 0 aliphatic rings. The Hall–Kier alpha value is -2.43. The van der Waals surface area contributed by atoms with Gasteiger partial charge < -0.3 is 10.6 Å². The van der Waals surface area contributed by atoms with Gasteiger partial charge in [0, 0.05) is 13.2 Å². The van der Waals surface area contributed by atoms with Crippen LogP contribution in [0.1, 0.15) is 10.4 Å². The number of carbonyl (C=O) groups excluding carboxylic acids is 1. The van der Waals surface area contributed by atoms with Gasteiger partial charge in [-0.05, 0) is 18.2 Å². The number of amides is 1. The molecule has 92 valence electrons. The number of carbonyl (C=O) groups is 1. The third-order valence-electron chi connectivity index (χ3n) is 2.55. The Morgan fingerprint density at radius 1 is 1.33 bits per heavy atom. The maximum absolute atomic E-state index is 13.0. The summed E-state index contributed by atoms with van der Waals surface area (Å²) in [7, 11) is 1.58. The lowest BCUT2D eigenvalue weighted by Crippen LogP contribution is -2.27. The van der Waals surface area contributed by atoms with Crippen LogP contribution in [0.3, 0.4) is 0 Å². The SMILES string of the molecule is CN(C(=O)c1cncc(F)c1)c1ccccc1N. The molecule has 2 aromatic rings. The fraction of sp³-hybridized carbons (Fsp3) is 0.0769. The van der Waals surface area contributed by atoms with E-state index in [1.54, 1.807) is 31.3 Å². The summed E-state index contributed by atoms with van der Waals surface area (Å²) in [5, 5.41) is 0. The Morgan fingerprint density at radius 2 is 2.06 bits per heavy atom. The van der Waals surface area contributed by atoms with Crippen LogP contribution >= 0.6 is 0 Å². The van der Waals surface area contributed by atoms with Crippen LogP contribution in [0.15, 0.2) is 42.7 Å². The molecular weight excluding hydrogens is 233 g/mol. The second kappa shape index (κ2) is 4.83. The lowest BCUT2D eigenvalue weighted by atomic mass is 10.2. The molecular formula is C13H12FN3O. The van der Waals surface area contributed by atoms with Crippen LogP contribution in [0, 0.1) is 5.82 Å². The molecule has 2 N–H and O–H groups in total. The molecule has 4 nitrogen and oxygen atoms in total. The number of para-hydroxylation sites is 2. The zero-order valence-electron chi connectivity index (χ0n) is 9.80. The topological polar surface area (TPSA) is 59.2 Å². The minimum atomic E-state index is -0.546. The number of rotatable bonds is 2. The number of nitrogens with two attached hydrogens (primary N) is 1. The number of anilines is 2. The van der Waals surface area contributed by atoms with Gasteiger partial charge in [-0.3, -0.25) is 9.78 Å². The van der Waals surface area contributed by atoms with Gasteiger partial charge in [0.15, 0.2) is 0 Å². The van der Waals surface area contributed by atoms with Crippen molar-refractivity contribution >= 4 is 17.3 Å². The van der Waals surface area contributed by atoms with Crippen LogP contribution in [-0.4, -0.2) is 17.9 Å². The molecule has 0 atom stereocenters. The maximum Gasteiger partial charge on any atom is 0.259 e. The summed E-state index contributed by atoms with van der Waals surface area (Å²) in [5.41, 5.74) is 7.02. The molecule has 0 fully saturated rings. The fourth-order valence-corrected chi connectivity index (χ4v) is 1.62. The monoisotopic (exact) mass is 245 g/mol. The van der Waals surface area contributed by atoms with Crippen LogP contribution in [0.2, 0.25) is 0 Å². The van der Waals surface area contributed by atoms with Crippen molar-refractivity contribution in [2.75, 3.05) is 17.7 Å². The van der Waals surface area contributed by atoms with E-state index in [1.807, 2.05) is 0 Å². The second-order valence-electron chi connectivity index (χ2n) is 3.81. The largest absolute Gasteiger partial charge is 0.397 e. The van der Waals surface area contributed by atoms with Crippen LogP contribution in [-0.2, 0) is 0 Å². The Labute approximate surface area is 104 Å². The van der Waals surface area contributed by atoms with Crippen molar-refractivity contribution in [1.82, 2.24) is 4.98 Å². The van der Waals surface area contributed by atoms with Gasteiger partial charge in [0.2, 0.25) is 0 Å². The molecule has 0 saturated carbocycles. The highest BCUT2D eigenvalue weighted by Crippen LogP contribution is 2.22. The van der Waals surface area contributed by atoms with E-state index < -0.39 is 5.82 Å². The van der Waals surface area contributed by atoms with E-state index >= 15 is 0 Å². The molecule has 0 radical (unpaired) electrons. The summed E-state index contributed by atoms with van der Waals surface area (Å²) in [4.78, 5) is 17.1. The number of hydrogen-bond donors (Lipinski definition) is 1. The van der Waals surface area contributed by atoms with Crippen molar-refractivity contribution < 1.29 is 9.18 Å². The first-order valence-electron chi connectivity index (χ1n) is 5.32. The van der Waals surface area contributed by atoms with Crippen molar-refractivity contribution in [2.24, 2.45) is 0 Å². The Kier molecular flexibility index (Phi) is 3.23. The molecule has 0 aliphatic carbocycles. The summed E-state index contributed by atoms with van der Waals surface area (Å²) >= 11 is 0.